The number of hydrogen-bond donors (Lipinski definition) is 1. The van der Waals surface area contributed by atoms with E-state index in [0.717, 1.165) is 16.7 Å². The van der Waals surface area contributed by atoms with Crippen LogP contribution in [-0.2, 0) is 32.6 Å². The Labute approximate surface area is 243 Å². The molecule has 0 spiro atoms. The number of amides is 2. The standard InChI is InChI=1S/C31H38ClN3O4S/c1-23(2)33-31(37)29(21-25-13-6-5-7-14-25)34(22-26-15-10-16-27(32)20-26)30(36)18-11-19-35(40(4,38)39)28-17-9-8-12-24(28)3/h5-10,12-17,20,23,29H,11,18-19,21-22H2,1-4H3,(H,33,37)/t29-/m0/s1. The third-order valence-corrected chi connectivity index (χ3v) is 7.90. The Morgan fingerprint density at radius 1 is 0.925 bits per heavy atom. The largest absolute Gasteiger partial charge is 0.352 e. The van der Waals surface area contributed by atoms with E-state index in [4.69, 9.17) is 11.6 Å². The Morgan fingerprint density at radius 3 is 2.20 bits per heavy atom. The summed E-state index contributed by atoms with van der Waals surface area (Å²) in [6, 6.07) is 23.2. The van der Waals surface area contributed by atoms with Gasteiger partial charge in [-0.15, -0.1) is 0 Å². The van der Waals surface area contributed by atoms with Gasteiger partial charge in [-0.3, -0.25) is 13.9 Å². The first-order chi connectivity index (χ1) is 19.0. The molecule has 3 rings (SSSR count). The average Bonchev–Trinajstić information content (AvgIpc) is 2.88. The van der Waals surface area contributed by atoms with E-state index in [1.165, 1.54) is 10.6 Å². The van der Waals surface area contributed by atoms with Crippen molar-refractivity contribution >= 4 is 39.1 Å². The lowest BCUT2D eigenvalue weighted by Gasteiger charge is -2.32. The van der Waals surface area contributed by atoms with Gasteiger partial charge in [0.2, 0.25) is 21.8 Å². The van der Waals surface area contributed by atoms with Crippen LogP contribution in [0.3, 0.4) is 0 Å². The molecule has 3 aromatic rings. The predicted octanol–water partition coefficient (Wildman–Crippen LogP) is 5.36. The van der Waals surface area contributed by atoms with E-state index >= 15 is 0 Å². The van der Waals surface area contributed by atoms with Crippen LogP contribution in [0.1, 0.15) is 43.4 Å². The second kappa shape index (κ2) is 14.3. The highest BCUT2D eigenvalue weighted by molar-refractivity contribution is 7.92. The number of carbonyl (C=O) groups is 2. The molecule has 40 heavy (non-hydrogen) atoms. The number of para-hydroxylation sites is 1. The number of hydrogen-bond acceptors (Lipinski definition) is 4. The summed E-state index contributed by atoms with van der Waals surface area (Å²) in [5.74, 6) is -0.482. The van der Waals surface area contributed by atoms with E-state index in [1.54, 1.807) is 29.2 Å². The van der Waals surface area contributed by atoms with E-state index in [2.05, 4.69) is 5.32 Å². The lowest BCUT2D eigenvalue weighted by molar-refractivity contribution is -0.141. The van der Waals surface area contributed by atoms with Crippen LogP contribution in [0.25, 0.3) is 0 Å². The summed E-state index contributed by atoms with van der Waals surface area (Å²) in [5, 5.41) is 3.51. The van der Waals surface area contributed by atoms with Crippen molar-refractivity contribution in [1.82, 2.24) is 10.2 Å². The first-order valence-electron chi connectivity index (χ1n) is 13.4. The molecule has 9 heteroatoms. The van der Waals surface area contributed by atoms with Crippen molar-refractivity contribution in [2.45, 2.75) is 58.7 Å². The van der Waals surface area contributed by atoms with Crippen LogP contribution in [0.5, 0.6) is 0 Å². The Hall–Kier alpha value is -3.36. The highest BCUT2D eigenvalue weighted by Gasteiger charge is 2.31. The second-order valence-electron chi connectivity index (χ2n) is 10.2. The van der Waals surface area contributed by atoms with Crippen LogP contribution in [-0.4, -0.2) is 50.0 Å². The van der Waals surface area contributed by atoms with Gasteiger partial charge in [-0.1, -0.05) is 72.3 Å². The van der Waals surface area contributed by atoms with Crippen molar-refractivity contribution in [3.8, 4) is 0 Å². The Balaban J connectivity index is 1.89. The van der Waals surface area contributed by atoms with Gasteiger partial charge in [-0.25, -0.2) is 8.42 Å². The zero-order valence-electron chi connectivity index (χ0n) is 23.5. The SMILES string of the molecule is Cc1ccccc1N(CCCC(=O)N(Cc1cccc(Cl)c1)[C@@H](Cc1ccccc1)C(=O)NC(C)C)S(C)(=O)=O. The van der Waals surface area contributed by atoms with E-state index in [9.17, 15) is 18.0 Å². The third-order valence-electron chi connectivity index (χ3n) is 6.48. The van der Waals surface area contributed by atoms with Gasteiger partial charge in [0.15, 0.2) is 0 Å². The number of benzene rings is 3. The molecule has 214 valence electrons. The molecule has 0 saturated heterocycles. The highest BCUT2D eigenvalue weighted by Crippen LogP contribution is 2.23. The van der Waals surface area contributed by atoms with Gasteiger partial charge < -0.3 is 10.2 Å². The first kappa shape index (κ1) is 31.2. The Morgan fingerprint density at radius 2 is 1.57 bits per heavy atom. The highest BCUT2D eigenvalue weighted by atomic mass is 35.5. The molecule has 0 fully saturated rings. The number of nitrogens with zero attached hydrogens (tertiary/aromatic N) is 2. The summed E-state index contributed by atoms with van der Waals surface area (Å²) in [5.41, 5.74) is 3.15. The molecule has 2 amide bonds. The zero-order chi connectivity index (χ0) is 29.3. The fraction of sp³-hybridized carbons (Fsp3) is 0.355. The number of nitrogens with one attached hydrogen (secondary N) is 1. The fourth-order valence-corrected chi connectivity index (χ4v) is 5.83. The van der Waals surface area contributed by atoms with Crippen LogP contribution in [0.4, 0.5) is 5.69 Å². The summed E-state index contributed by atoms with van der Waals surface area (Å²) in [6.45, 7) is 5.95. The first-order valence-corrected chi connectivity index (χ1v) is 15.6. The predicted molar refractivity (Wildman–Crippen MR) is 162 cm³/mol. The molecule has 3 aromatic carbocycles. The molecule has 1 N–H and O–H groups in total. The van der Waals surface area contributed by atoms with Crippen LogP contribution < -0.4 is 9.62 Å². The molecule has 0 aromatic heterocycles. The summed E-state index contributed by atoms with van der Waals surface area (Å²) in [7, 11) is -3.57. The monoisotopic (exact) mass is 583 g/mol. The smallest absolute Gasteiger partial charge is 0.243 e. The summed E-state index contributed by atoms with van der Waals surface area (Å²) in [6.07, 6.45) is 1.86. The maximum absolute atomic E-state index is 13.8. The van der Waals surface area contributed by atoms with Gasteiger partial charge in [-0.2, -0.15) is 0 Å². The molecule has 0 radical (unpaired) electrons. The molecule has 1 atom stereocenters. The number of sulfonamides is 1. The number of anilines is 1. The fourth-order valence-electron chi connectivity index (χ4n) is 4.59. The van der Waals surface area contributed by atoms with Gasteiger partial charge in [0.1, 0.15) is 6.04 Å². The van der Waals surface area contributed by atoms with Crippen molar-refractivity contribution < 1.29 is 18.0 Å². The van der Waals surface area contributed by atoms with E-state index in [-0.39, 0.29) is 43.8 Å². The van der Waals surface area contributed by atoms with E-state index in [0.29, 0.717) is 17.1 Å². The van der Waals surface area contributed by atoms with Gasteiger partial charge in [0, 0.05) is 37.0 Å². The molecule has 0 saturated carbocycles. The number of carbonyl (C=O) groups excluding carboxylic acids is 2. The molecule has 0 aliphatic carbocycles. The Kier molecular flexibility index (Phi) is 11.2. The minimum Gasteiger partial charge on any atom is -0.352 e. The van der Waals surface area contributed by atoms with E-state index in [1.807, 2.05) is 75.4 Å². The summed E-state index contributed by atoms with van der Waals surface area (Å²) >= 11 is 6.24. The van der Waals surface area contributed by atoms with E-state index < -0.39 is 16.1 Å². The minimum absolute atomic E-state index is 0.0682. The number of halogens is 1. The minimum atomic E-state index is -3.57. The van der Waals surface area contributed by atoms with Crippen molar-refractivity contribution in [3.05, 3.63) is 101 Å². The molecular formula is C31H38ClN3O4S. The van der Waals surface area contributed by atoms with Crippen molar-refractivity contribution in [1.29, 1.82) is 0 Å². The lowest BCUT2D eigenvalue weighted by atomic mass is 10.0. The number of aryl methyl sites for hydroxylation is 1. The zero-order valence-corrected chi connectivity index (χ0v) is 25.1. The molecule has 0 heterocycles. The topological polar surface area (TPSA) is 86.8 Å². The lowest BCUT2D eigenvalue weighted by Crippen LogP contribution is -2.51. The summed E-state index contributed by atoms with van der Waals surface area (Å²) < 4.78 is 26.6. The maximum Gasteiger partial charge on any atom is 0.243 e. The molecule has 0 unspecified atom stereocenters. The molecule has 0 aliphatic rings. The van der Waals surface area contributed by atoms with Crippen LogP contribution in [0.15, 0.2) is 78.9 Å². The molecule has 0 bridgehead atoms. The molecule has 7 nitrogen and oxygen atoms in total. The van der Waals surface area contributed by atoms with Gasteiger partial charge in [-0.05, 0) is 62.1 Å². The van der Waals surface area contributed by atoms with Gasteiger partial charge >= 0.3 is 0 Å². The second-order valence-corrected chi connectivity index (χ2v) is 12.6. The van der Waals surface area contributed by atoms with Crippen LogP contribution in [0.2, 0.25) is 5.02 Å². The molecular weight excluding hydrogens is 546 g/mol. The molecule has 0 aliphatic heterocycles. The Bertz CT molecular complexity index is 1400. The van der Waals surface area contributed by atoms with Gasteiger partial charge in [0.25, 0.3) is 0 Å². The summed E-state index contributed by atoms with van der Waals surface area (Å²) in [4.78, 5) is 28.9. The van der Waals surface area contributed by atoms with Crippen molar-refractivity contribution in [3.63, 3.8) is 0 Å². The third kappa shape index (κ3) is 9.10. The van der Waals surface area contributed by atoms with Crippen LogP contribution in [0, 0.1) is 6.92 Å². The van der Waals surface area contributed by atoms with Crippen molar-refractivity contribution in [2.75, 3.05) is 17.1 Å². The maximum atomic E-state index is 13.8. The normalized spacial score (nSPS) is 12.2. The van der Waals surface area contributed by atoms with Crippen LogP contribution >= 0.6 is 11.6 Å². The quantitative estimate of drug-likeness (QED) is 0.293. The van der Waals surface area contributed by atoms with Crippen molar-refractivity contribution in [2.24, 2.45) is 0 Å². The average molecular weight is 584 g/mol. The van der Waals surface area contributed by atoms with Gasteiger partial charge in [0.05, 0.1) is 11.9 Å². The number of rotatable bonds is 13.